The van der Waals surface area contributed by atoms with Gasteiger partial charge in [0, 0.05) is 12.6 Å². The first-order chi connectivity index (χ1) is 16.4. The van der Waals surface area contributed by atoms with Gasteiger partial charge in [-0.1, -0.05) is 37.5 Å². The average Bonchev–Trinajstić information content (AvgIpc) is 3.22. The fourth-order valence-corrected chi connectivity index (χ4v) is 5.04. The first-order valence-electron chi connectivity index (χ1n) is 12.4. The van der Waals surface area contributed by atoms with Crippen molar-refractivity contribution in [3.05, 3.63) is 52.1 Å². The van der Waals surface area contributed by atoms with Crippen LogP contribution in [0.1, 0.15) is 62.9 Å². The van der Waals surface area contributed by atoms with Crippen LogP contribution in [0, 0.1) is 13.8 Å². The summed E-state index contributed by atoms with van der Waals surface area (Å²) in [5.41, 5.74) is 2.41. The third-order valence-electron chi connectivity index (χ3n) is 7.08. The summed E-state index contributed by atoms with van der Waals surface area (Å²) in [5.74, 6) is -0.201. The molecular formula is C26H36N6O2. The topological polar surface area (TPSA) is 85.1 Å². The number of rotatable bonds is 8. The number of hydrogen-bond acceptors (Lipinski definition) is 5. The Balaban J connectivity index is 1.44. The van der Waals surface area contributed by atoms with Crippen LogP contribution in [0.2, 0.25) is 0 Å². The molecule has 3 aromatic rings. The van der Waals surface area contributed by atoms with Gasteiger partial charge >= 0.3 is 0 Å². The van der Waals surface area contributed by atoms with Crippen molar-refractivity contribution in [3.63, 3.8) is 0 Å². The number of carbonyl (C=O) groups is 1. The minimum Gasteiger partial charge on any atom is -0.354 e. The van der Waals surface area contributed by atoms with Gasteiger partial charge in [-0.15, -0.1) is 0 Å². The van der Waals surface area contributed by atoms with Crippen molar-refractivity contribution < 1.29 is 4.79 Å². The van der Waals surface area contributed by atoms with Gasteiger partial charge < -0.3 is 10.2 Å². The van der Waals surface area contributed by atoms with Gasteiger partial charge in [-0.3, -0.25) is 9.59 Å². The summed E-state index contributed by atoms with van der Waals surface area (Å²) in [6.45, 7) is 7.04. The minimum absolute atomic E-state index is 0.201. The molecule has 0 saturated heterocycles. The molecule has 1 aliphatic carbocycles. The molecule has 34 heavy (non-hydrogen) atoms. The first kappa shape index (κ1) is 24.1. The molecule has 4 rings (SSSR count). The molecule has 182 valence electrons. The fourth-order valence-electron chi connectivity index (χ4n) is 5.04. The second kappa shape index (κ2) is 10.5. The lowest BCUT2D eigenvalue weighted by atomic mass is 9.94. The number of aromatic nitrogens is 4. The Labute approximate surface area is 200 Å². The molecule has 8 nitrogen and oxygen atoms in total. The monoisotopic (exact) mass is 464 g/mol. The predicted octanol–water partition coefficient (Wildman–Crippen LogP) is 3.53. The van der Waals surface area contributed by atoms with E-state index in [0.717, 1.165) is 29.7 Å². The van der Waals surface area contributed by atoms with E-state index in [1.165, 1.54) is 36.8 Å². The minimum atomic E-state index is -0.714. The van der Waals surface area contributed by atoms with E-state index < -0.39 is 6.04 Å². The summed E-state index contributed by atoms with van der Waals surface area (Å²) in [7, 11) is 2.18. The molecule has 0 bridgehead atoms. The van der Waals surface area contributed by atoms with Gasteiger partial charge in [0.1, 0.15) is 6.04 Å². The number of nitrogens with one attached hydrogen (secondary N) is 1. The molecule has 1 N–H and O–H groups in total. The zero-order chi connectivity index (χ0) is 24.2. The van der Waals surface area contributed by atoms with Crippen LogP contribution < -0.4 is 10.9 Å². The number of fused-ring (bicyclic) bond motifs is 1. The van der Waals surface area contributed by atoms with Crippen molar-refractivity contribution in [1.29, 1.82) is 0 Å². The Morgan fingerprint density at radius 1 is 1.15 bits per heavy atom. The zero-order valence-corrected chi connectivity index (χ0v) is 20.8. The summed E-state index contributed by atoms with van der Waals surface area (Å²) < 4.78 is 3.03. The molecule has 1 saturated carbocycles. The Hall–Kier alpha value is -3.00. The third-order valence-corrected chi connectivity index (χ3v) is 7.08. The van der Waals surface area contributed by atoms with Crippen LogP contribution in [0.5, 0.6) is 0 Å². The largest absolute Gasteiger partial charge is 0.354 e. The molecule has 0 spiro atoms. The average molecular weight is 465 g/mol. The molecule has 1 fully saturated rings. The lowest BCUT2D eigenvalue weighted by molar-refractivity contribution is -0.124. The second-order valence-corrected chi connectivity index (χ2v) is 9.48. The van der Waals surface area contributed by atoms with E-state index in [0.29, 0.717) is 23.8 Å². The summed E-state index contributed by atoms with van der Waals surface area (Å²) in [5, 5.41) is 12.8. The van der Waals surface area contributed by atoms with Crippen LogP contribution >= 0.6 is 0 Å². The Morgan fingerprint density at radius 2 is 1.85 bits per heavy atom. The Bertz CT molecular complexity index is 1190. The molecule has 8 heteroatoms. The van der Waals surface area contributed by atoms with Crippen LogP contribution in [0.4, 0.5) is 0 Å². The SMILES string of the molecule is Cc1nn([C@H](C)C(=O)NCCCN(C)C2CCCCC2)c(=O)c2nn(-c3ccccc3)c(C)c12. The molecule has 1 aromatic carbocycles. The van der Waals surface area contributed by atoms with E-state index in [1.807, 2.05) is 44.2 Å². The number of benzene rings is 1. The van der Waals surface area contributed by atoms with E-state index >= 15 is 0 Å². The van der Waals surface area contributed by atoms with Crippen molar-refractivity contribution >= 4 is 16.8 Å². The number of para-hydroxylation sites is 1. The highest BCUT2D eigenvalue weighted by molar-refractivity contribution is 5.84. The second-order valence-electron chi connectivity index (χ2n) is 9.48. The highest BCUT2D eigenvalue weighted by Gasteiger charge is 2.23. The van der Waals surface area contributed by atoms with Crippen molar-refractivity contribution in [2.75, 3.05) is 20.1 Å². The van der Waals surface area contributed by atoms with Gasteiger partial charge in [0.25, 0.3) is 5.56 Å². The van der Waals surface area contributed by atoms with Gasteiger partial charge in [-0.05, 0) is 65.8 Å². The van der Waals surface area contributed by atoms with Gasteiger partial charge in [-0.2, -0.15) is 10.2 Å². The summed E-state index contributed by atoms with van der Waals surface area (Å²) >= 11 is 0. The van der Waals surface area contributed by atoms with Crippen LogP contribution in [0.25, 0.3) is 16.6 Å². The zero-order valence-electron chi connectivity index (χ0n) is 20.8. The molecule has 1 aliphatic rings. The van der Waals surface area contributed by atoms with E-state index in [1.54, 1.807) is 11.6 Å². The third kappa shape index (κ3) is 4.92. The molecule has 0 aliphatic heterocycles. The van der Waals surface area contributed by atoms with Gasteiger partial charge in [-0.25, -0.2) is 9.36 Å². The maximum Gasteiger partial charge on any atom is 0.295 e. The van der Waals surface area contributed by atoms with Crippen molar-refractivity contribution in [2.45, 2.75) is 71.4 Å². The summed E-state index contributed by atoms with van der Waals surface area (Å²) in [6, 6.07) is 9.65. The lowest BCUT2D eigenvalue weighted by Gasteiger charge is -2.31. The first-order valence-corrected chi connectivity index (χ1v) is 12.4. The lowest BCUT2D eigenvalue weighted by Crippen LogP contribution is -2.39. The van der Waals surface area contributed by atoms with Crippen molar-refractivity contribution in [2.24, 2.45) is 0 Å². The van der Waals surface area contributed by atoms with Crippen molar-refractivity contribution in [3.8, 4) is 5.69 Å². The Kier molecular flexibility index (Phi) is 7.46. The number of hydrogen-bond donors (Lipinski definition) is 1. The van der Waals surface area contributed by atoms with E-state index in [9.17, 15) is 9.59 Å². The van der Waals surface area contributed by atoms with E-state index in [4.69, 9.17) is 0 Å². The predicted molar refractivity (Wildman–Crippen MR) is 134 cm³/mol. The molecule has 2 aromatic heterocycles. The smallest absolute Gasteiger partial charge is 0.295 e. The molecule has 0 radical (unpaired) electrons. The highest BCUT2D eigenvalue weighted by Crippen LogP contribution is 2.22. The standard InChI is InChI=1S/C26H36N6O2/c1-18-23-19(2)31(22-14-9-6-10-15-22)29-24(23)26(34)32(28-18)20(3)25(33)27-16-11-17-30(4)21-12-7-5-8-13-21/h6,9-10,14-15,20-21H,5,7-8,11-13,16-17H2,1-4H3,(H,27,33)/t20-/m1/s1. The molecular weight excluding hydrogens is 428 g/mol. The maximum absolute atomic E-state index is 13.3. The summed E-state index contributed by atoms with van der Waals surface area (Å²) in [6.07, 6.45) is 7.41. The van der Waals surface area contributed by atoms with Crippen LogP contribution in [0.15, 0.2) is 35.1 Å². The summed E-state index contributed by atoms with van der Waals surface area (Å²) in [4.78, 5) is 28.5. The highest BCUT2D eigenvalue weighted by atomic mass is 16.2. The molecule has 0 unspecified atom stereocenters. The number of nitrogens with zero attached hydrogens (tertiary/aromatic N) is 5. The van der Waals surface area contributed by atoms with Gasteiger partial charge in [0.15, 0.2) is 5.52 Å². The van der Waals surface area contributed by atoms with Gasteiger partial charge in [0.05, 0.1) is 22.5 Å². The van der Waals surface area contributed by atoms with E-state index in [-0.39, 0.29) is 11.5 Å². The van der Waals surface area contributed by atoms with Crippen LogP contribution in [-0.4, -0.2) is 56.5 Å². The maximum atomic E-state index is 13.3. The van der Waals surface area contributed by atoms with Gasteiger partial charge in [0.2, 0.25) is 5.91 Å². The van der Waals surface area contributed by atoms with Crippen LogP contribution in [-0.2, 0) is 4.79 Å². The quantitative estimate of drug-likeness (QED) is 0.516. The number of carbonyl (C=O) groups excluding carboxylic acids is 1. The van der Waals surface area contributed by atoms with Crippen LogP contribution in [0.3, 0.4) is 0 Å². The number of amides is 1. The fraction of sp³-hybridized carbons (Fsp3) is 0.538. The molecule has 1 atom stereocenters. The van der Waals surface area contributed by atoms with Crippen molar-refractivity contribution in [1.82, 2.24) is 29.8 Å². The normalized spacial score (nSPS) is 15.7. The van der Waals surface area contributed by atoms with E-state index in [2.05, 4.69) is 27.5 Å². The Morgan fingerprint density at radius 3 is 2.56 bits per heavy atom. The number of aryl methyl sites for hydroxylation is 2. The molecule has 2 heterocycles. The molecule has 1 amide bonds.